The predicted molar refractivity (Wildman–Crippen MR) is 199 cm³/mol. The highest BCUT2D eigenvalue weighted by Crippen LogP contribution is 2.39. The molecule has 0 unspecified atom stereocenters. The summed E-state index contributed by atoms with van der Waals surface area (Å²) in [5.74, 6) is 0.365. The third kappa shape index (κ3) is 5.46. The summed E-state index contributed by atoms with van der Waals surface area (Å²) in [5.41, 5.74) is 18.4. The fourth-order valence-electron chi connectivity index (χ4n) is 6.36. The number of benzene rings is 7. The van der Waals surface area contributed by atoms with Gasteiger partial charge in [-0.25, -0.2) is 4.99 Å². The van der Waals surface area contributed by atoms with Crippen LogP contribution in [0.5, 0.6) is 0 Å². The predicted octanol–water partition coefficient (Wildman–Crippen LogP) is 11.0. The van der Waals surface area contributed by atoms with Crippen LogP contribution in [0.3, 0.4) is 0 Å². The van der Waals surface area contributed by atoms with Crippen LogP contribution in [0.4, 0.5) is 0 Å². The zero-order valence-corrected chi connectivity index (χ0v) is 26.1. The second-order valence-electron chi connectivity index (χ2n) is 11.8. The Kier molecular flexibility index (Phi) is 7.44. The summed E-state index contributed by atoms with van der Waals surface area (Å²) in [6.45, 7) is 0. The molecule has 4 nitrogen and oxygen atoms in total. The molecule has 0 aliphatic heterocycles. The molecule has 0 saturated heterocycles. The summed E-state index contributed by atoms with van der Waals surface area (Å²) < 4.78 is 6.31. The maximum absolute atomic E-state index is 9.06. The lowest BCUT2D eigenvalue weighted by Crippen LogP contribution is -2.16. The van der Waals surface area contributed by atoms with Gasteiger partial charge in [0.2, 0.25) is 0 Å². The van der Waals surface area contributed by atoms with Gasteiger partial charge in [-0.15, -0.1) is 0 Å². The number of nitrogens with zero attached hydrogens (tertiary/aromatic N) is 1. The minimum atomic E-state index is 0.0781. The van der Waals surface area contributed by atoms with E-state index in [1.165, 1.54) is 0 Å². The molecule has 0 saturated carbocycles. The smallest absolute Gasteiger partial charge is 0.154 e. The van der Waals surface area contributed by atoms with Crippen molar-refractivity contribution >= 4 is 33.6 Å². The van der Waals surface area contributed by atoms with Gasteiger partial charge in [0.25, 0.3) is 0 Å². The van der Waals surface area contributed by atoms with E-state index in [1.807, 2.05) is 78.9 Å². The van der Waals surface area contributed by atoms with Gasteiger partial charge in [-0.05, 0) is 68.8 Å². The second-order valence-corrected chi connectivity index (χ2v) is 11.8. The molecule has 0 spiro atoms. The summed E-state index contributed by atoms with van der Waals surface area (Å²) in [5, 5.41) is 10.8. The van der Waals surface area contributed by atoms with E-state index in [-0.39, 0.29) is 11.7 Å². The van der Waals surface area contributed by atoms with Crippen molar-refractivity contribution in [3.8, 4) is 44.5 Å². The Labute approximate surface area is 279 Å². The molecule has 1 aromatic heterocycles. The average Bonchev–Trinajstić information content (AvgIpc) is 3.54. The molecule has 7 aromatic carbocycles. The van der Waals surface area contributed by atoms with Crippen molar-refractivity contribution < 1.29 is 4.42 Å². The van der Waals surface area contributed by atoms with Gasteiger partial charge in [-0.2, -0.15) is 0 Å². The van der Waals surface area contributed by atoms with Crippen molar-refractivity contribution in [1.29, 1.82) is 5.41 Å². The van der Waals surface area contributed by atoms with Crippen LogP contribution >= 0.6 is 0 Å². The number of nitrogens with one attached hydrogen (secondary N) is 1. The molecule has 8 rings (SSSR count). The number of hydrogen-bond acceptors (Lipinski definition) is 2. The molecule has 8 aromatic rings. The summed E-state index contributed by atoms with van der Waals surface area (Å²) in [6.07, 6.45) is 0. The van der Waals surface area contributed by atoms with Crippen LogP contribution in [0.1, 0.15) is 11.1 Å². The van der Waals surface area contributed by atoms with E-state index in [0.717, 1.165) is 66.4 Å². The zero-order valence-electron chi connectivity index (χ0n) is 26.1. The molecule has 48 heavy (non-hydrogen) atoms. The van der Waals surface area contributed by atoms with Crippen molar-refractivity contribution in [2.24, 2.45) is 10.7 Å². The molecule has 0 radical (unpaired) electrons. The molecule has 0 aliphatic carbocycles. The monoisotopic (exact) mass is 617 g/mol. The van der Waals surface area contributed by atoms with E-state index in [1.54, 1.807) is 0 Å². The van der Waals surface area contributed by atoms with Crippen molar-refractivity contribution in [2.75, 3.05) is 0 Å². The molecule has 0 bridgehead atoms. The first-order valence-electron chi connectivity index (χ1n) is 15.9. The molecule has 0 atom stereocenters. The maximum Gasteiger partial charge on any atom is 0.154 e. The lowest BCUT2D eigenvalue weighted by Gasteiger charge is -2.13. The lowest BCUT2D eigenvalue weighted by atomic mass is 9.90. The van der Waals surface area contributed by atoms with Gasteiger partial charge in [0.1, 0.15) is 17.0 Å². The minimum absolute atomic E-state index is 0.0781. The number of nitrogens with two attached hydrogens (primary N) is 1. The molecule has 0 aliphatic rings. The number of furan rings is 1. The van der Waals surface area contributed by atoms with Crippen LogP contribution in [0.25, 0.3) is 66.4 Å². The number of rotatable bonds is 6. The minimum Gasteiger partial charge on any atom is -0.456 e. The highest BCUT2D eigenvalue weighted by molar-refractivity contribution is 6.20. The van der Waals surface area contributed by atoms with Crippen LogP contribution < -0.4 is 5.73 Å². The Hall–Kier alpha value is -6.52. The number of hydrogen-bond donors (Lipinski definition) is 2. The molecule has 1 heterocycles. The van der Waals surface area contributed by atoms with E-state index in [0.29, 0.717) is 11.1 Å². The Morgan fingerprint density at radius 2 is 1.06 bits per heavy atom. The van der Waals surface area contributed by atoms with Crippen molar-refractivity contribution in [3.05, 3.63) is 181 Å². The molecular formula is C44H31N3O. The first kappa shape index (κ1) is 28.9. The first-order chi connectivity index (χ1) is 23.6. The zero-order chi connectivity index (χ0) is 32.5. The fraction of sp³-hybridized carbons (Fsp3) is 0. The largest absolute Gasteiger partial charge is 0.456 e. The third-order valence-electron chi connectivity index (χ3n) is 8.79. The molecular weight excluding hydrogens is 587 g/mol. The van der Waals surface area contributed by atoms with Crippen LogP contribution in [0.15, 0.2) is 179 Å². The third-order valence-corrected chi connectivity index (χ3v) is 8.79. The van der Waals surface area contributed by atoms with E-state index in [9.17, 15) is 0 Å². The number of aliphatic imine (C=N–C) groups is 1. The lowest BCUT2D eigenvalue weighted by molar-refractivity contribution is 0.669. The van der Waals surface area contributed by atoms with Gasteiger partial charge in [-0.1, -0.05) is 146 Å². The molecule has 0 amide bonds. The van der Waals surface area contributed by atoms with Gasteiger partial charge in [0, 0.05) is 21.9 Å². The van der Waals surface area contributed by atoms with E-state index < -0.39 is 0 Å². The molecule has 3 N–H and O–H groups in total. The quantitative estimate of drug-likeness (QED) is 0.144. The highest BCUT2D eigenvalue weighted by Gasteiger charge is 2.17. The van der Waals surface area contributed by atoms with Crippen LogP contribution in [-0.2, 0) is 0 Å². The van der Waals surface area contributed by atoms with Crippen molar-refractivity contribution in [3.63, 3.8) is 0 Å². The summed E-state index contributed by atoms with van der Waals surface area (Å²) >= 11 is 0. The second kappa shape index (κ2) is 12.3. The number of amidine groups is 2. The Morgan fingerprint density at radius 1 is 0.479 bits per heavy atom. The molecule has 4 heteroatoms. The highest BCUT2D eigenvalue weighted by atomic mass is 16.3. The van der Waals surface area contributed by atoms with Crippen LogP contribution in [0.2, 0.25) is 0 Å². The van der Waals surface area contributed by atoms with Gasteiger partial charge in [-0.3, -0.25) is 5.41 Å². The number of fused-ring (bicyclic) bond motifs is 3. The SMILES string of the molecule is N=C(N=C(N)c1ccc(-c2ccccc2)cc1)c1cccc2oc3ccc(-c4cc(-c5ccccc5)ccc4-c4ccccc4)cc3c12. The van der Waals surface area contributed by atoms with Crippen LogP contribution in [-0.4, -0.2) is 11.7 Å². The Balaban J connectivity index is 1.21. The van der Waals surface area contributed by atoms with Gasteiger partial charge < -0.3 is 10.2 Å². The summed E-state index contributed by atoms with van der Waals surface area (Å²) in [4.78, 5) is 4.57. The van der Waals surface area contributed by atoms with Gasteiger partial charge >= 0.3 is 0 Å². The average molecular weight is 618 g/mol. The Morgan fingerprint density at radius 3 is 1.75 bits per heavy atom. The van der Waals surface area contributed by atoms with E-state index in [2.05, 4.69) is 96.0 Å². The van der Waals surface area contributed by atoms with E-state index >= 15 is 0 Å². The van der Waals surface area contributed by atoms with Crippen molar-refractivity contribution in [1.82, 2.24) is 0 Å². The topological polar surface area (TPSA) is 75.4 Å². The summed E-state index contributed by atoms with van der Waals surface area (Å²) in [6, 6.07) is 57.7. The van der Waals surface area contributed by atoms with E-state index in [4.69, 9.17) is 15.6 Å². The summed E-state index contributed by atoms with van der Waals surface area (Å²) in [7, 11) is 0. The maximum atomic E-state index is 9.06. The van der Waals surface area contributed by atoms with Crippen LogP contribution in [0, 0.1) is 5.41 Å². The van der Waals surface area contributed by atoms with Gasteiger partial charge in [0.05, 0.1) is 0 Å². The Bertz CT molecular complexity index is 2440. The van der Waals surface area contributed by atoms with Crippen molar-refractivity contribution in [2.45, 2.75) is 0 Å². The molecule has 228 valence electrons. The first-order valence-corrected chi connectivity index (χ1v) is 15.9. The normalized spacial score (nSPS) is 11.6. The molecule has 0 fully saturated rings. The standard InChI is InChI=1S/C44H31N3O/c45-43(33-21-19-31(20-22-33)29-11-4-1-5-12-29)47-44(46)37-17-10-18-41-42(37)39-28-35(24-26-40(39)48-41)38-27-34(30-13-6-2-7-14-30)23-25-36(38)32-15-8-3-9-16-32/h1-28H,(H3,45,46,47). The van der Waals surface area contributed by atoms with Gasteiger partial charge in [0.15, 0.2) is 5.84 Å². The fourth-order valence-corrected chi connectivity index (χ4v) is 6.36.